The fourth-order valence-electron chi connectivity index (χ4n) is 1.68. The Morgan fingerprint density at radius 2 is 1.85 bits per heavy atom. The Bertz CT molecular complexity index is 448. The molecule has 1 aromatic rings. The van der Waals surface area contributed by atoms with E-state index in [4.69, 9.17) is 0 Å². The molecule has 0 N–H and O–H groups in total. The Labute approximate surface area is 128 Å². The van der Waals surface area contributed by atoms with Crippen molar-refractivity contribution in [3.8, 4) is 0 Å². The lowest BCUT2D eigenvalue weighted by atomic mass is 10.1. The highest BCUT2D eigenvalue weighted by atomic mass is 79.9. The first-order valence-electron chi connectivity index (χ1n) is 5.77. The zero-order valence-electron chi connectivity index (χ0n) is 11.5. The van der Waals surface area contributed by atoms with Crippen LogP contribution < -0.4 is 0 Å². The number of pyridine rings is 1. The first kappa shape index (κ1) is 17.7. The second kappa shape index (κ2) is 6.21. The standard InChI is InChI=1S/C12H16BrF3N2OS/c1-11(2,3)20(19)18(4)10(12(14,15)16)8-5-6-9(13)17-7-8/h5-7,10H,1-4H3/t10-,20?/m1/s1. The molecule has 1 rings (SSSR count). The molecule has 0 saturated heterocycles. The predicted molar refractivity (Wildman–Crippen MR) is 76.4 cm³/mol. The molecule has 8 heteroatoms. The quantitative estimate of drug-likeness (QED) is 0.597. The number of aromatic nitrogens is 1. The van der Waals surface area contributed by atoms with Crippen molar-refractivity contribution in [2.75, 3.05) is 7.05 Å². The highest BCUT2D eigenvalue weighted by Gasteiger charge is 2.50. The normalized spacial score (nSPS) is 16.3. The third-order valence-electron chi connectivity index (χ3n) is 2.53. The number of hydrogen-bond acceptors (Lipinski definition) is 3. The van der Waals surface area contributed by atoms with Gasteiger partial charge in [0.1, 0.15) is 9.35 Å². The number of hydrogen-bond donors (Lipinski definition) is 0. The van der Waals surface area contributed by atoms with Crippen LogP contribution >= 0.6 is 15.9 Å². The third-order valence-corrected chi connectivity index (χ3v) is 4.78. The van der Waals surface area contributed by atoms with E-state index in [-0.39, 0.29) is 5.56 Å². The summed E-state index contributed by atoms with van der Waals surface area (Å²) in [6.07, 6.45) is -3.40. The minimum atomic E-state index is -4.54. The molecule has 0 spiro atoms. The van der Waals surface area contributed by atoms with Crippen molar-refractivity contribution in [3.05, 3.63) is 28.5 Å². The van der Waals surface area contributed by atoms with E-state index in [2.05, 4.69) is 20.9 Å². The summed E-state index contributed by atoms with van der Waals surface area (Å²) in [4.78, 5) is 3.81. The molecule has 0 aliphatic rings. The van der Waals surface area contributed by atoms with Gasteiger partial charge in [0.25, 0.3) is 0 Å². The second-order valence-corrected chi connectivity index (χ2v) is 8.38. The van der Waals surface area contributed by atoms with Crippen LogP contribution in [0.4, 0.5) is 13.2 Å². The van der Waals surface area contributed by atoms with Crippen LogP contribution in [0, 0.1) is 0 Å². The van der Waals surface area contributed by atoms with E-state index in [1.54, 1.807) is 20.8 Å². The molecule has 0 radical (unpaired) electrons. The van der Waals surface area contributed by atoms with E-state index in [1.807, 2.05) is 0 Å². The van der Waals surface area contributed by atoms with Gasteiger partial charge in [0, 0.05) is 30.2 Å². The van der Waals surface area contributed by atoms with Gasteiger partial charge in [-0.2, -0.15) is 13.2 Å². The first-order chi connectivity index (χ1) is 8.94. The third kappa shape index (κ3) is 4.34. The minimum Gasteiger partial charge on any atom is -0.597 e. The maximum absolute atomic E-state index is 13.3. The molecule has 3 nitrogen and oxygen atoms in total. The molecule has 0 amide bonds. The Hall–Kier alpha value is -0.310. The predicted octanol–water partition coefficient (Wildman–Crippen LogP) is 3.84. The van der Waals surface area contributed by atoms with Gasteiger partial charge >= 0.3 is 6.18 Å². The molecular formula is C12H16BrF3N2OS. The molecule has 0 aliphatic carbocycles. The topological polar surface area (TPSA) is 39.2 Å². The van der Waals surface area contributed by atoms with Crippen molar-refractivity contribution < 1.29 is 17.7 Å². The van der Waals surface area contributed by atoms with Gasteiger partial charge in [-0.15, -0.1) is 4.31 Å². The molecule has 1 heterocycles. The summed E-state index contributed by atoms with van der Waals surface area (Å²) in [5.74, 6) is 0. The Balaban J connectivity index is 3.17. The summed E-state index contributed by atoms with van der Waals surface area (Å²) < 4.78 is 52.6. The van der Waals surface area contributed by atoms with E-state index in [0.717, 1.165) is 10.5 Å². The van der Waals surface area contributed by atoms with E-state index in [1.165, 1.54) is 19.2 Å². The summed E-state index contributed by atoms with van der Waals surface area (Å²) in [5.41, 5.74) is -0.0409. The molecular weight excluding hydrogens is 357 g/mol. The largest absolute Gasteiger partial charge is 0.597 e. The highest BCUT2D eigenvalue weighted by Crippen LogP contribution is 2.40. The van der Waals surface area contributed by atoms with Gasteiger partial charge in [0.2, 0.25) is 0 Å². The van der Waals surface area contributed by atoms with Gasteiger partial charge in [-0.25, -0.2) is 4.98 Å². The lowest BCUT2D eigenvalue weighted by molar-refractivity contribution is -0.171. The van der Waals surface area contributed by atoms with E-state index in [9.17, 15) is 17.7 Å². The molecule has 0 fully saturated rings. The maximum Gasteiger partial charge on any atom is 0.412 e. The summed E-state index contributed by atoms with van der Waals surface area (Å²) in [6.45, 7) is 4.90. The average molecular weight is 373 g/mol. The molecule has 0 bridgehead atoms. The molecule has 1 aromatic heterocycles. The van der Waals surface area contributed by atoms with Crippen molar-refractivity contribution in [2.45, 2.75) is 37.7 Å². The molecule has 2 atom stereocenters. The SMILES string of the molecule is CN([C@H](c1ccc(Br)nc1)C(F)(F)F)[S+]([O-])C(C)(C)C. The van der Waals surface area contributed by atoms with E-state index < -0.39 is 28.3 Å². The van der Waals surface area contributed by atoms with Crippen LogP contribution in [0.5, 0.6) is 0 Å². The van der Waals surface area contributed by atoms with Crippen LogP contribution in [0.15, 0.2) is 22.9 Å². The van der Waals surface area contributed by atoms with Crippen molar-refractivity contribution in [1.29, 1.82) is 0 Å². The molecule has 0 aliphatic heterocycles. The monoisotopic (exact) mass is 372 g/mol. The van der Waals surface area contributed by atoms with Crippen molar-refractivity contribution in [2.24, 2.45) is 0 Å². The zero-order chi connectivity index (χ0) is 15.7. The van der Waals surface area contributed by atoms with Crippen molar-refractivity contribution in [1.82, 2.24) is 9.29 Å². The second-order valence-electron chi connectivity index (χ2n) is 5.27. The van der Waals surface area contributed by atoms with Crippen LogP contribution in [-0.4, -0.2) is 31.8 Å². The van der Waals surface area contributed by atoms with Crippen LogP contribution in [0.3, 0.4) is 0 Å². The summed E-state index contributed by atoms with van der Waals surface area (Å²) in [7, 11) is 1.21. The Kier molecular flexibility index (Phi) is 5.51. The van der Waals surface area contributed by atoms with Gasteiger partial charge in [-0.05, 0) is 42.8 Å². The highest BCUT2D eigenvalue weighted by molar-refractivity contribution is 9.10. The lowest BCUT2D eigenvalue weighted by Crippen LogP contribution is -2.46. The fraction of sp³-hybridized carbons (Fsp3) is 0.583. The molecule has 0 aromatic carbocycles. The molecule has 20 heavy (non-hydrogen) atoms. The van der Waals surface area contributed by atoms with Gasteiger partial charge in [0.15, 0.2) is 6.04 Å². The number of nitrogens with zero attached hydrogens (tertiary/aromatic N) is 2. The summed E-state index contributed by atoms with van der Waals surface area (Å²) in [6, 6.07) is 0.802. The average Bonchev–Trinajstić information content (AvgIpc) is 2.28. The van der Waals surface area contributed by atoms with Crippen molar-refractivity contribution in [3.63, 3.8) is 0 Å². The minimum absolute atomic E-state index is 0.0409. The molecule has 1 unspecified atom stereocenters. The van der Waals surface area contributed by atoms with Crippen LogP contribution in [0.1, 0.15) is 32.4 Å². The van der Waals surface area contributed by atoms with Gasteiger partial charge in [-0.3, -0.25) is 0 Å². The summed E-state index contributed by atoms with van der Waals surface area (Å²) >= 11 is 1.29. The van der Waals surface area contributed by atoms with Crippen molar-refractivity contribution >= 4 is 27.3 Å². The van der Waals surface area contributed by atoms with Crippen LogP contribution in [-0.2, 0) is 11.4 Å². The number of rotatable bonds is 3. The maximum atomic E-state index is 13.3. The first-order valence-corrected chi connectivity index (χ1v) is 7.67. The van der Waals surface area contributed by atoms with E-state index in [0.29, 0.717) is 4.60 Å². The van der Waals surface area contributed by atoms with Gasteiger partial charge < -0.3 is 4.55 Å². The Morgan fingerprint density at radius 3 is 2.20 bits per heavy atom. The smallest absolute Gasteiger partial charge is 0.412 e. The lowest BCUT2D eigenvalue weighted by Gasteiger charge is -2.35. The fourth-order valence-corrected chi connectivity index (χ4v) is 3.21. The summed E-state index contributed by atoms with van der Waals surface area (Å²) in [5, 5.41) is 0. The molecule has 114 valence electrons. The van der Waals surface area contributed by atoms with Crippen LogP contribution in [0.25, 0.3) is 0 Å². The number of alkyl halides is 3. The van der Waals surface area contributed by atoms with Gasteiger partial charge in [0.05, 0.1) is 0 Å². The van der Waals surface area contributed by atoms with Gasteiger partial charge in [-0.1, -0.05) is 6.07 Å². The Morgan fingerprint density at radius 1 is 1.30 bits per heavy atom. The molecule has 0 saturated carbocycles. The zero-order valence-corrected chi connectivity index (χ0v) is 13.9. The van der Waals surface area contributed by atoms with Crippen LogP contribution in [0.2, 0.25) is 0 Å². The number of halogens is 4. The van der Waals surface area contributed by atoms with E-state index >= 15 is 0 Å².